The molecule has 1 fully saturated rings. The molecule has 0 radical (unpaired) electrons. The topological polar surface area (TPSA) is 15.3 Å². The smallest absolute Gasteiger partial charge is 0.0328 e. The third-order valence-corrected chi connectivity index (χ3v) is 5.67. The minimum atomic E-state index is 0. The Morgan fingerprint density at radius 3 is 2.43 bits per heavy atom. The van der Waals surface area contributed by atoms with E-state index in [0.29, 0.717) is 5.41 Å². The van der Waals surface area contributed by atoms with Crippen LogP contribution in [0.1, 0.15) is 50.3 Å². The van der Waals surface area contributed by atoms with Gasteiger partial charge in [-0.25, -0.2) is 0 Å². The molecule has 2 heterocycles. The highest BCUT2D eigenvalue weighted by Crippen LogP contribution is 2.30. The highest BCUT2D eigenvalue weighted by molar-refractivity contribution is 7.12. The van der Waals surface area contributed by atoms with Gasteiger partial charge in [-0.1, -0.05) is 27.7 Å². The van der Waals surface area contributed by atoms with Crippen LogP contribution in [-0.4, -0.2) is 31.1 Å². The van der Waals surface area contributed by atoms with Gasteiger partial charge in [0.25, 0.3) is 0 Å². The summed E-state index contributed by atoms with van der Waals surface area (Å²) in [5, 5.41) is 3.49. The monoisotopic (exact) mass is 330 g/mol. The normalized spacial score (nSPS) is 17.7. The zero-order valence-corrected chi connectivity index (χ0v) is 15.6. The lowest BCUT2D eigenvalue weighted by Gasteiger charge is -2.31. The van der Waals surface area contributed by atoms with Crippen LogP contribution in [0.4, 0.5) is 0 Å². The number of likely N-dealkylation sites (tertiary alicyclic amines) is 1. The summed E-state index contributed by atoms with van der Waals surface area (Å²) < 4.78 is 0. The molecule has 1 saturated heterocycles. The van der Waals surface area contributed by atoms with Gasteiger partial charge >= 0.3 is 0 Å². The highest BCUT2D eigenvalue weighted by Gasteiger charge is 2.20. The predicted octanol–water partition coefficient (Wildman–Crippen LogP) is 4.29. The van der Waals surface area contributed by atoms with Crippen molar-refractivity contribution in [3.8, 4) is 0 Å². The van der Waals surface area contributed by atoms with E-state index in [1.807, 2.05) is 11.3 Å². The summed E-state index contributed by atoms with van der Waals surface area (Å²) in [7, 11) is 0. The minimum Gasteiger partial charge on any atom is -0.317 e. The fourth-order valence-corrected chi connectivity index (χ4v) is 3.89. The second-order valence-corrected chi connectivity index (χ2v) is 8.21. The standard InChI is InChI=1S/C17H30N2S.ClH/c1-5-18-12-14-8-10-19(11-9-14)13-15-6-7-16(20-15)17(2,3)4;/h6-7,14,18H,5,8-13H2,1-4H3;1H. The first kappa shape index (κ1) is 19.0. The van der Waals surface area contributed by atoms with E-state index in [-0.39, 0.29) is 12.4 Å². The van der Waals surface area contributed by atoms with E-state index in [1.54, 1.807) is 0 Å². The molecule has 2 nitrogen and oxygen atoms in total. The lowest BCUT2D eigenvalue weighted by molar-refractivity contribution is 0.177. The van der Waals surface area contributed by atoms with Crippen molar-refractivity contribution in [3.05, 3.63) is 21.9 Å². The van der Waals surface area contributed by atoms with Gasteiger partial charge in [-0.05, 0) is 62.5 Å². The van der Waals surface area contributed by atoms with Gasteiger partial charge in [0.05, 0.1) is 0 Å². The SMILES string of the molecule is CCNCC1CCN(Cc2ccc(C(C)(C)C)s2)CC1.Cl. The number of nitrogens with one attached hydrogen (secondary N) is 1. The molecule has 1 N–H and O–H groups in total. The van der Waals surface area contributed by atoms with E-state index in [1.165, 1.54) is 42.2 Å². The molecular weight excluding hydrogens is 300 g/mol. The van der Waals surface area contributed by atoms with Crippen molar-refractivity contribution in [3.63, 3.8) is 0 Å². The van der Waals surface area contributed by atoms with E-state index in [9.17, 15) is 0 Å². The molecule has 4 heteroatoms. The van der Waals surface area contributed by atoms with Crippen LogP contribution in [0.2, 0.25) is 0 Å². The summed E-state index contributed by atoms with van der Waals surface area (Å²) in [6.45, 7) is 15.1. The third-order valence-electron chi connectivity index (χ3n) is 4.17. The lowest BCUT2D eigenvalue weighted by Crippen LogP contribution is -2.36. The van der Waals surface area contributed by atoms with E-state index >= 15 is 0 Å². The van der Waals surface area contributed by atoms with Crippen LogP contribution >= 0.6 is 23.7 Å². The maximum Gasteiger partial charge on any atom is 0.0328 e. The summed E-state index contributed by atoms with van der Waals surface area (Å²) in [4.78, 5) is 5.66. The van der Waals surface area contributed by atoms with Crippen LogP contribution in [0.3, 0.4) is 0 Å². The number of hydrogen-bond donors (Lipinski definition) is 1. The summed E-state index contributed by atoms with van der Waals surface area (Å²) in [5.74, 6) is 0.889. The molecule has 0 atom stereocenters. The van der Waals surface area contributed by atoms with Gasteiger partial charge in [-0.3, -0.25) is 4.90 Å². The maximum absolute atomic E-state index is 3.49. The number of piperidine rings is 1. The summed E-state index contributed by atoms with van der Waals surface area (Å²) in [6.07, 6.45) is 2.70. The van der Waals surface area contributed by atoms with Crippen LogP contribution < -0.4 is 5.32 Å². The van der Waals surface area contributed by atoms with Crippen molar-refractivity contribution in [2.24, 2.45) is 5.92 Å². The minimum absolute atomic E-state index is 0. The van der Waals surface area contributed by atoms with E-state index in [4.69, 9.17) is 0 Å². The number of hydrogen-bond acceptors (Lipinski definition) is 3. The molecule has 0 bridgehead atoms. The first-order valence-electron chi connectivity index (χ1n) is 8.01. The van der Waals surface area contributed by atoms with Crippen molar-refractivity contribution in [2.75, 3.05) is 26.2 Å². The van der Waals surface area contributed by atoms with Crippen LogP contribution in [-0.2, 0) is 12.0 Å². The lowest BCUT2D eigenvalue weighted by atomic mass is 9.95. The van der Waals surface area contributed by atoms with Gasteiger partial charge in [0.1, 0.15) is 0 Å². The molecule has 0 aliphatic carbocycles. The average molecular weight is 331 g/mol. The van der Waals surface area contributed by atoms with Crippen LogP contribution in [0.5, 0.6) is 0 Å². The fraction of sp³-hybridized carbons (Fsp3) is 0.765. The first-order valence-corrected chi connectivity index (χ1v) is 8.83. The van der Waals surface area contributed by atoms with Gasteiger partial charge < -0.3 is 5.32 Å². The molecule has 1 aliphatic heterocycles. The second kappa shape index (κ2) is 8.52. The zero-order chi connectivity index (χ0) is 14.6. The Kier molecular flexibility index (Phi) is 7.69. The van der Waals surface area contributed by atoms with Crippen molar-refractivity contribution in [2.45, 2.75) is 52.5 Å². The molecule has 1 aromatic rings. The molecule has 1 aromatic heterocycles. The number of halogens is 1. The fourth-order valence-electron chi connectivity index (χ4n) is 2.78. The molecule has 122 valence electrons. The molecule has 2 rings (SSSR count). The Hall–Kier alpha value is -0.0900. The molecule has 1 aliphatic rings. The van der Waals surface area contributed by atoms with Crippen molar-refractivity contribution >= 4 is 23.7 Å². The summed E-state index contributed by atoms with van der Waals surface area (Å²) in [6, 6.07) is 4.65. The van der Waals surface area contributed by atoms with Crippen LogP contribution in [0.25, 0.3) is 0 Å². The predicted molar refractivity (Wildman–Crippen MR) is 96.8 cm³/mol. The Bertz CT molecular complexity index is 403. The molecule has 0 unspecified atom stereocenters. The first-order chi connectivity index (χ1) is 9.49. The van der Waals surface area contributed by atoms with Crippen molar-refractivity contribution in [1.29, 1.82) is 0 Å². The molecular formula is C17H31ClN2S. The molecule has 0 amide bonds. The van der Waals surface area contributed by atoms with E-state index in [2.05, 4.69) is 50.0 Å². The Morgan fingerprint density at radius 2 is 1.90 bits per heavy atom. The largest absolute Gasteiger partial charge is 0.317 e. The van der Waals surface area contributed by atoms with Gasteiger partial charge in [0.15, 0.2) is 0 Å². The van der Waals surface area contributed by atoms with Crippen molar-refractivity contribution < 1.29 is 0 Å². The molecule has 0 aromatic carbocycles. The Labute approximate surface area is 140 Å². The van der Waals surface area contributed by atoms with E-state index < -0.39 is 0 Å². The van der Waals surface area contributed by atoms with Gasteiger partial charge in [0.2, 0.25) is 0 Å². The summed E-state index contributed by atoms with van der Waals surface area (Å²) >= 11 is 1.99. The molecule has 0 spiro atoms. The van der Waals surface area contributed by atoms with Gasteiger partial charge in [0, 0.05) is 16.3 Å². The summed E-state index contributed by atoms with van der Waals surface area (Å²) in [5.41, 5.74) is 0.293. The third kappa shape index (κ3) is 5.90. The average Bonchev–Trinajstić information content (AvgIpc) is 2.86. The number of nitrogens with zero attached hydrogens (tertiary/aromatic N) is 1. The van der Waals surface area contributed by atoms with Crippen molar-refractivity contribution in [1.82, 2.24) is 10.2 Å². The van der Waals surface area contributed by atoms with Gasteiger partial charge in [-0.15, -0.1) is 23.7 Å². The van der Waals surface area contributed by atoms with Gasteiger partial charge in [-0.2, -0.15) is 0 Å². The second-order valence-electron chi connectivity index (χ2n) is 7.04. The van der Waals surface area contributed by atoms with Crippen LogP contribution in [0.15, 0.2) is 12.1 Å². The maximum atomic E-state index is 3.49. The molecule has 0 saturated carbocycles. The quantitative estimate of drug-likeness (QED) is 0.866. The van der Waals surface area contributed by atoms with Crippen LogP contribution in [0, 0.1) is 5.92 Å². The highest BCUT2D eigenvalue weighted by atomic mass is 35.5. The molecule has 21 heavy (non-hydrogen) atoms. The number of rotatable bonds is 5. The Morgan fingerprint density at radius 1 is 1.24 bits per heavy atom. The number of thiophene rings is 1. The van der Waals surface area contributed by atoms with E-state index in [0.717, 1.165) is 19.0 Å². The zero-order valence-electron chi connectivity index (χ0n) is 13.9. The Balaban J connectivity index is 0.00000220.